The van der Waals surface area contributed by atoms with Crippen LogP contribution in [0.25, 0.3) is 10.9 Å². The van der Waals surface area contributed by atoms with Gasteiger partial charge in [-0.05, 0) is 82.2 Å². The number of carbonyl (C=O) groups is 1. The Labute approximate surface area is 214 Å². The number of aliphatic hydroxyl groups excluding tert-OH is 1. The molecule has 35 heavy (non-hydrogen) atoms. The summed E-state index contributed by atoms with van der Waals surface area (Å²) in [7, 11) is 0. The number of aliphatic hydroxyl groups is 1. The van der Waals surface area contributed by atoms with Crippen molar-refractivity contribution in [2.45, 2.75) is 81.8 Å². The van der Waals surface area contributed by atoms with Crippen LogP contribution in [0.5, 0.6) is 0 Å². The second kappa shape index (κ2) is 11.3. The van der Waals surface area contributed by atoms with Crippen LogP contribution in [0, 0.1) is 5.92 Å². The second-order valence-corrected chi connectivity index (χ2v) is 11.4. The van der Waals surface area contributed by atoms with Crippen LogP contribution in [0.4, 0.5) is 5.82 Å². The minimum Gasteiger partial charge on any atom is -0.393 e. The van der Waals surface area contributed by atoms with Crippen LogP contribution < -0.4 is 4.90 Å². The van der Waals surface area contributed by atoms with Gasteiger partial charge in [0.25, 0.3) is 0 Å². The number of piperidine rings is 1. The van der Waals surface area contributed by atoms with E-state index >= 15 is 0 Å². The molecular weight excluding hydrogens is 454 g/mol. The highest BCUT2D eigenvalue weighted by Gasteiger charge is 2.31. The van der Waals surface area contributed by atoms with E-state index in [9.17, 15) is 9.90 Å². The predicted molar refractivity (Wildman–Crippen MR) is 145 cm³/mol. The van der Waals surface area contributed by atoms with Crippen LogP contribution in [-0.2, 0) is 11.3 Å². The Kier molecular flexibility index (Phi) is 7.98. The van der Waals surface area contributed by atoms with Gasteiger partial charge in [-0.25, -0.2) is 4.98 Å². The first kappa shape index (κ1) is 24.6. The van der Waals surface area contributed by atoms with Crippen LogP contribution in [-0.4, -0.2) is 52.9 Å². The summed E-state index contributed by atoms with van der Waals surface area (Å²) in [6.45, 7) is 3.02. The first-order chi connectivity index (χ1) is 17.1. The summed E-state index contributed by atoms with van der Waals surface area (Å²) >= 11 is 1.73. The number of hydrogen-bond donors (Lipinski definition) is 1. The molecule has 0 spiro atoms. The number of anilines is 1. The van der Waals surface area contributed by atoms with Crippen molar-refractivity contribution in [3.05, 3.63) is 41.5 Å². The summed E-state index contributed by atoms with van der Waals surface area (Å²) in [6, 6.07) is 8.74. The van der Waals surface area contributed by atoms with Crippen molar-refractivity contribution in [3.63, 3.8) is 0 Å². The van der Waals surface area contributed by atoms with Crippen molar-refractivity contribution in [3.8, 4) is 0 Å². The van der Waals surface area contributed by atoms with Crippen LogP contribution in [0.3, 0.4) is 0 Å². The van der Waals surface area contributed by atoms with Gasteiger partial charge in [-0.15, -0.1) is 11.8 Å². The number of benzene rings is 1. The molecule has 2 aliphatic carbocycles. The average Bonchev–Trinajstić information content (AvgIpc) is 2.85. The molecule has 1 saturated heterocycles. The van der Waals surface area contributed by atoms with E-state index in [0.29, 0.717) is 12.5 Å². The third-order valence-corrected chi connectivity index (χ3v) is 8.79. The van der Waals surface area contributed by atoms with Gasteiger partial charge >= 0.3 is 0 Å². The molecule has 0 radical (unpaired) electrons. The van der Waals surface area contributed by atoms with Gasteiger partial charge in [0.15, 0.2) is 0 Å². The van der Waals surface area contributed by atoms with Crippen LogP contribution in [0.15, 0.2) is 40.8 Å². The van der Waals surface area contributed by atoms with E-state index in [2.05, 4.69) is 46.4 Å². The first-order valence-electron chi connectivity index (χ1n) is 13.5. The number of aromatic nitrogens is 1. The Bertz CT molecular complexity index is 1070. The fourth-order valence-electron chi connectivity index (χ4n) is 5.57. The molecule has 0 bridgehead atoms. The zero-order valence-corrected chi connectivity index (χ0v) is 21.9. The summed E-state index contributed by atoms with van der Waals surface area (Å²) in [4.78, 5) is 24.3. The molecule has 3 aliphatic rings. The van der Waals surface area contributed by atoms with E-state index < -0.39 is 0 Å². The van der Waals surface area contributed by atoms with E-state index in [0.717, 1.165) is 74.0 Å². The summed E-state index contributed by atoms with van der Waals surface area (Å²) in [5.74, 6) is 1.51. The number of fused-ring (bicyclic) bond motifs is 1. The van der Waals surface area contributed by atoms with Crippen molar-refractivity contribution in [2.24, 2.45) is 5.92 Å². The Morgan fingerprint density at radius 1 is 1.14 bits per heavy atom. The third kappa shape index (κ3) is 5.86. The lowest BCUT2D eigenvalue weighted by Crippen LogP contribution is -2.40. The standard InChI is InChI=1S/C29H39N3O2S/c1-35-26-11-10-23-18-24(28(30-27(23)19-26)31-16-13-25(33)14-17-31)20-32(29(34)22-8-5-9-22)15-12-21-6-3-2-4-7-21/h6,10-11,18-19,22,25,33H,2-5,7-9,12-17,20H2,1H3. The zero-order chi connectivity index (χ0) is 24.2. The lowest BCUT2D eigenvalue weighted by Gasteiger charge is -2.35. The van der Waals surface area contributed by atoms with Crippen LogP contribution >= 0.6 is 11.8 Å². The topological polar surface area (TPSA) is 56.7 Å². The van der Waals surface area contributed by atoms with E-state index in [1.165, 1.54) is 42.6 Å². The normalized spacial score (nSPS) is 19.5. The summed E-state index contributed by atoms with van der Waals surface area (Å²) in [5.41, 5.74) is 3.66. The molecule has 5 nitrogen and oxygen atoms in total. The van der Waals surface area contributed by atoms with Gasteiger partial charge in [-0.1, -0.05) is 24.1 Å². The number of rotatable bonds is 8. The first-order valence-corrected chi connectivity index (χ1v) is 14.7. The Morgan fingerprint density at radius 3 is 2.66 bits per heavy atom. The number of allylic oxidation sites excluding steroid dienone is 1. The molecule has 2 aromatic rings. The largest absolute Gasteiger partial charge is 0.393 e. The fourth-order valence-corrected chi connectivity index (χ4v) is 6.01. The molecule has 2 fully saturated rings. The molecule has 188 valence electrons. The molecule has 2 heterocycles. The highest BCUT2D eigenvalue weighted by atomic mass is 32.2. The zero-order valence-electron chi connectivity index (χ0n) is 21.0. The minimum absolute atomic E-state index is 0.196. The Balaban J connectivity index is 1.45. The predicted octanol–water partition coefficient (Wildman–Crippen LogP) is 5.94. The molecular formula is C29H39N3O2S. The van der Waals surface area contributed by atoms with Gasteiger partial charge in [-0.2, -0.15) is 0 Å². The molecule has 1 aromatic carbocycles. The number of hydrogen-bond acceptors (Lipinski definition) is 5. The quantitative estimate of drug-likeness (QED) is 0.364. The van der Waals surface area contributed by atoms with Gasteiger partial charge in [0, 0.05) is 47.9 Å². The maximum atomic E-state index is 13.5. The Morgan fingerprint density at radius 2 is 1.97 bits per heavy atom. The maximum absolute atomic E-state index is 13.5. The van der Waals surface area contributed by atoms with E-state index in [-0.39, 0.29) is 12.0 Å². The fraction of sp³-hybridized carbons (Fsp3) is 0.586. The molecule has 1 aromatic heterocycles. The highest BCUT2D eigenvalue weighted by Crippen LogP contribution is 2.33. The SMILES string of the molecule is CSc1ccc2cc(CN(CCC3=CCCCC3)C(=O)C3CCC3)c(N3CCC(O)CC3)nc2c1. The van der Waals surface area contributed by atoms with Gasteiger partial charge in [0.1, 0.15) is 5.82 Å². The third-order valence-electron chi connectivity index (χ3n) is 8.06. The molecule has 0 atom stereocenters. The summed E-state index contributed by atoms with van der Waals surface area (Å²) in [6.07, 6.45) is 15.0. The van der Waals surface area contributed by atoms with Gasteiger partial charge in [-0.3, -0.25) is 4.79 Å². The van der Waals surface area contributed by atoms with Crippen molar-refractivity contribution in [2.75, 3.05) is 30.8 Å². The van der Waals surface area contributed by atoms with Crippen molar-refractivity contribution in [1.82, 2.24) is 9.88 Å². The van der Waals surface area contributed by atoms with Crippen molar-refractivity contribution >= 4 is 34.4 Å². The summed E-state index contributed by atoms with van der Waals surface area (Å²) < 4.78 is 0. The molecule has 1 N–H and O–H groups in total. The van der Waals surface area contributed by atoms with Crippen LogP contribution in [0.1, 0.15) is 69.8 Å². The number of thioether (sulfide) groups is 1. The van der Waals surface area contributed by atoms with E-state index in [1.54, 1.807) is 11.8 Å². The summed E-state index contributed by atoms with van der Waals surface area (Å²) in [5, 5.41) is 11.2. The number of carbonyl (C=O) groups excluding carboxylic acids is 1. The molecule has 0 unspecified atom stereocenters. The number of amides is 1. The van der Waals surface area contributed by atoms with Crippen molar-refractivity contribution in [1.29, 1.82) is 0 Å². The molecule has 1 saturated carbocycles. The smallest absolute Gasteiger partial charge is 0.225 e. The van der Waals surface area contributed by atoms with E-state index in [1.807, 2.05) is 0 Å². The van der Waals surface area contributed by atoms with Gasteiger partial charge in [0.2, 0.25) is 5.91 Å². The van der Waals surface area contributed by atoms with Crippen molar-refractivity contribution < 1.29 is 9.90 Å². The Hall–Kier alpha value is -2.05. The van der Waals surface area contributed by atoms with Gasteiger partial charge in [0.05, 0.1) is 11.6 Å². The monoisotopic (exact) mass is 493 g/mol. The highest BCUT2D eigenvalue weighted by molar-refractivity contribution is 7.98. The average molecular weight is 494 g/mol. The van der Waals surface area contributed by atoms with Gasteiger partial charge < -0.3 is 14.9 Å². The van der Waals surface area contributed by atoms with Crippen LogP contribution in [0.2, 0.25) is 0 Å². The minimum atomic E-state index is -0.223. The lowest BCUT2D eigenvalue weighted by atomic mass is 9.84. The second-order valence-electron chi connectivity index (χ2n) is 10.5. The molecule has 6 heteroatoms. The number of pyridine rings is 1. The molecule has 1 aliphatic heterocycles. The maximum Gasteiger partial charge on any atom is 0.225 e. The molecule has 1 amide bonds. The lowest BCUT2D eigenvalue weighted by molar-refractivity contribution is -0.138. The van der Waals surface area contributed by atoms with E-state index in [4.69, 9.17) is 4.98 Å². The number of nitrogens with zero attached hydrogens (tertiary/aromatic N) is 3. The molecule has 5 rings (SSSR count).